The van der Waals surface area contributed by atoms with Crippen LogP contribution < -0.4 is 11.1 Å². The molecule has 3 N–H and O–H groups in total. The lowest BCUT2D eigenvalue weighted by Crippen LogP contribution is -2.21. The Morgan fingerprint density at radius 3 is 2.46 bits per heavy atom. The summed E-state index contributed by atoms with van der Waals surface area (Å²) in [6.45, 7) is 8.60. The van der Waals surface area contributed by atoms with Crippen molar-refractivity contribution in [2.75, 3.05) is 32.5 Å². The molecule has 1 fully saturated rings. The minimum absolute atomic E-state index is 0.183. The second-order valence-electron chi connectivity index (χ2n) is 7.46. The highest BCUT2D eigenvalue weighted by molar-refractivity contribution is 8.01. The highest BCUT2D eigenvalue weighted by Gasteiger charge is 2.47. The smallest absolute Gasteiger partial charge is 0.130 e. The molecular weight excluding hydrogens is 340 g/mol. The summed E-state index contributed by atoms with van der Waals surface area (Å²) in [5.41, 5.74) is 9.60. The second kappa shape index (κ2) is 9.47. The van der Waals surface area contributed by atoms with Crippen LogP contribution >= 0.6 is 11.8 Å². The molecule has 0 aromatic heterocycles. The van der Waals surface area contributed by atoms with Gasteiger partial charge in [0.2, 0.25) is 0 Å². The minimum atomic E-state index is 0.183. The molecule has 1 saturated carbocycles. The van der Waals surface area contributed by atoms with Gasteiger partial charge < -0.3 is 16.0 Å². The molecule has 0 unspecified atom stereocenters. The fraction of sp³-hybridized carbons (Fsp3) is 0.571. The van der Waals surface area contributed by atoms with E-state index in [-0.39, 0.29) is 4.75 Å². The SMILES string of the molecule is CC/C=C(\N=C(N)c1ccc(NCCN(C)C)cc1)C1(SC(C)C)CC1. The minimum Gasteiger partial charge on any atom is -0.384 e. The molecule has 0 saturated heterocycles. The number of nitrogens with one attached hydrogen (secondary N) is 1. The number of thioether (sulfide) groups is 1. The lowest BCUT2D eigenvalue weighted by atomic mass is 10.1. The summed E-state index contributed by atoms with van der Waals surface area (Å²) in [4.78, 5) is 7.01. The third kappa shape index (κ3) is 6.06. The molecule has 1 aliphatic rings. The van der Waals surface area contributed by atoms with Gasteiger partial charge in [0.05, 0.1) is 10.4 Å². The van der Waals surface area contributed by atoms with E-state index in [0.717, 1.165) is 36.5 Å². The highest BCUT2D eigenvalue weighted by atomic mass is 32.2. The Balaban J connectivity index is 2.08. The molecule has 0 aliphatic heterocycles. The Morgan fingerprint density at radius 1 is 1.31 bits per heavy atom. The summed E-state index contributed by atoms with van der Waals surface area (Å²) in [6.07, 6.45) is 5.63. The molecule has 0 atom stereocenters. The van der Waals surface area contributed by atoms with Gasteiger partial charge in [-0.1, -0.05) is 26.8 Å². The highest BCUT2D eigenvalue weighted by Crippen LogP contribution is 2.55. The predicted octanol–water partition coefficient (Wildman–Crippen LogP) is 4.33. The van der Waals surface area contributed by atoms with Crippen molar-refractivity contribution in [1.82, 2.24) is 4.90 Å². The van der Waals surface area contributed by atoms with Crippen molar-refractivity contribution < 1.29 is 0 Å². The molecule has 2 rings (SSSR count). The number of hydrogen-bond acceptors (Lipinski definition) is 4. The number of nitrogens with zero attached hydrogens (tertiary/aromatic N) is 2. The first kappa shape index (κ1) is 20.8. The van der Waals surface area contributed by atoms with Gasteiger partial charge in [-0.05, 0) is 62.9 Å². The molecule has 4 nitrogen and oxygen atoms in total. The first-order chi connectivity index (χ1) is 12.4. The quantitative estimate of drug-likeness (QED) is 0.473. The lowest BCUT2D eigenvalue weighted by molar-refractivity contribution is 0.425. The zero-order chi connectivity index (χ0) is 19.2. The van der Waals surface area contributed by atoms with E-state index in [2.05, 4.69) is 75.4 Å². The molecule has 1 aliphatic carbocycles. The van der Waals surface area contributed by atoms with Gasteiger partial charge in [-0.25, -0.2) is 4.99 Å². The van der Waals surface area contributed by atoms with Gasteiger partial charge in [0, 0.05) is 24.3 Å². The summed E-state index contributed by atoms with van der Waals surface area (Å²) in [5.74, 6) is 0.611. The van der Waals surface area contributed by atoms with Crippen LogP contribution in [-0.2, 0) is 0 Å². The molecule has 1 aromatic carbocycles. The van der Waals surface area contributed by atoms with Gasteiger partial charge in [0.15, 0.2) is 0 Å². The van der Waals surface area contributed by atoms with Gasteiger partial charge in [0.25, 0.3) is 0 Å². The monoisotopic (exact) mass is 374 g/mol. The predicted molar refractivity (Wildman–Crippen MR) is 117 cm³/mol. The molecular formula is C21H34N4S. The van der Waals surface area contributed by atoms with Crippen LogP contribution in [0.4, 0.5) is 5.69 Å². The van der Waals surface area contributed by atoms with Crippen LogP contribution in [0.15, 0.2) is 41.0 Å². The third-order valence-corrected chi connectivity index (χ3v) is 5.88. The van der Waals surface area contributed by atoms with Gasteiger partial charge in [-0.15, -0.1) is 11.8 Å². The molecule has 0 radical (unpaired) electrons. The van der Waals surface area contributed by atoms with Gasteiger partial charge >= 0.3 is 0 Å². The van der Waals surface area contributed by atoms with Crippen LogP contribution in [0.1, 0.15) is 45.6 Å². The van der Waals surface area contributed by atoms with Crippen LogP contribution in [0, 0.1) is 0 Å². The van der Waals surface area contributed by atoms with Crippen molar-refractivity contribution in [3.63, 3.8) is 0 Å². The number of anilines is 1. The molecule has 144 valence electrons. The lowest BCUT2D eigenvalue weighted by Gasteiger charge is -2.19. The Morgan fingerprint density at radius 2 is 1.96 bits per heavy atom. The van der Waals surface area contributed by atoms with Crippen LogP contribution in [0.2, 0.25) is 0 Å². The average Bonchev–Trinajstić information content (AvgIpc) is 3.34. The number of benzene rings is 1. The number of nitrogens with two attached hydrogens (primary N) is 1. The van der Waals surface area contributed by atoms with Crippen molar-refractivity contribution in [1.29, 1.82) is 0 Å². The maximum atomic E-state index is 6.34. The van der Waals surface area contributed by atoms with Gasteiger partial charge in [-0.3, -0.25) is 0 Å². The number of allylic oxidation sites excluding steroid dienone is 1. The van der Waals surface area contributed by atoms with Gasteiger partial charge in [0.1, 0.15) is 5.84 Å². The zero-order valence-electron chi connectivity index (χ0n) is 16.9. The van der Waals surface area contributed by atoms with Crippen LogP contribution in [-0.4, -0.2) is 47.9 Å². The Hall–Kier alpha value is -1.46. The normalized spacial score (nSPS) is 17.0. The molecule has 0 heterocycles. The number of amidine groups is 1. The van der Waals surface area contributed by atoms with E-state index in [1.54, 1.807) is 0 Å². The van der Waals surface area contributed by atoms with E-state index < -0.39 is 0 Å². The van der Waals surface area contributed by atoms with Crippen molar-refractivity contribution in [2.24, 2.45) is 10.7 Å². The van der Waals surface area contributed by atoms with Crippen LogP contribution in [0.3, 0.4) is 0 Å². The first-order valence-electron chi connectivity index (χ1n) is 9.58. The summed E-state index contributed by atoms with van der Waals surface area (Å²) in [5, 5.41) is 4.02. The van der Waals surface area contributed by atoms with Crippen molar-refractivity contribution in [3.05, 3.63) is 41.6 Å². The summed E-state index contributed by atoms with van der Waals surface area (Å²) in [6, 6.07) is 8.25. The average molecular weight is 375 g/mol. The molecule has 0 amide bonds. The molecule has 1 aromatic rings. The van der Waals surface area contributed by atoms with Crippen molar-refractivity contribution in [3.8, 4) is 0 Å². The van der Waals surface area contributed by atoms with E-state index in [9.17, 15) is 0 Å². The topological polar surface area (TPSA) is 53.6 Å². The largest absolute Gasteiger partial charge is 0.384 e. The van der Waals surface area contributed by atoms with Crippen molar-refractivity contribution >= 4 is 23.3 Å². The van der Waals surface area contributed by atoms with Crippen molar-refractivity contribution in [2.45, 2.75) is 50.0 Å². The zero-order valence-corrected chi connectivity index (χ0v) is 17.7. The Kier molecular flexibility index (Phi) is 7.59. The molecule has 0 spiro atoms. The summed E-state index contributed by atoms with van der Waals surface area (Å²) >= 11 is 2.02. The maximum Gasteiger partial charge on any atom is 0.130 e. The molecule has 0 bridgehead atoms. The van der Waals surface area contributed by atoms with E-state index in [1.807, 2.05) is 11.8 Å². The van der Waals surface area contributed by atoms with E-state index >= 15 is 0 Å². The first-order valence-corrected chi connectivity index (χ1v) is 10.5. The Labute approximate surface area is 163 Å². The fourth-order valence-electron chi connectivity index (χ4n) is 2.90. The molecule has 26 heavy (non-hydrogen) atoms. The number of aliphatic imine (C=N–C) groups is 1. The Bertz CT molecular complexity index is 628. The number of likely N-dealkylation sites (N-methyl/N-ethyl adjacent to an activating group) is 1. The fourth-order valence-corrected chi connectivity index (χ4v) is 4.39. The molecule has 5 heteroatoms. The van der Waals surface area contributed by atoms with Crippen LogP contribution in [0.25, 0.3) is 0 Å². The second-order valence-corrected chi connectivity index (χ2v) is 9.42. The summed E-state index contributed by atoms with van der Waals surface area (Å²) < 4.78 is 0.183. The van der Waals surface area contributed by atoms with E-state index in [0.29, 0.717) is 11.1 Å². The van der Waals surface area contributed by atoms with Crippen LogP contribution in [0.5, 0.6) is 0 Å². The van der Waals surface area contributed by atoms with Gasteiger partial charge in [-0.2, -0.15) is 0 Å². The maximum absolute atomic E-state index is 6.34. The summed E-state index contributed by atoms with van der Waals surface area (Å²) in [7, 11) is 4.15. The van der Waals surface area contributed by atoms with E-state index in [1.165, 1.54) is 12.8 Å². The number of rotatable bonds is 10. The number of hydrogen-bond donors (Lipinski definition) is 2. The third-order valence-electron chi connectivity index (χ3n) is 4.34. The van der Waals surface area contributed by atoms with E-state index in [4.69, 9.17) is 10.7 Å². The standard InChI is InChI=1S/C21H34N4S/c1-6-7-19(21(12-13-21)26-16(2)3)24-20(22)17-8-10-18(11-9-17)23-14-15-25(4)5/h7-11,16,23H,6,12-15H2,1-5H3,(H2,22,24)/b19-7-.